The lowest BCUT2D eigenvalue weighted by Gasteiger charge is -2.42. The second-order valence-electron chi connectivity index (χ2n) is 10.3. The summed E-state index contributed by atoms with van der Waals surface area (Å²) in [6.45, 7) is 15.9. The lowest BCUT2D eigenvalue weighted by Crippen LogP contribution is -2.56. The fourth-order valence-corrected chi connectivity index (χ4v) is 5.64. The molecule has 0 fully saturated rings. The van der Waals surface area contributed by atoms with Gasteiger partial charge in [-0.25, -0.2) is 4.98 Å². The zero-order valence-electron chi connectivity index (χ0n) is 21.4. The molecule has 0 atom stereocenters. The molecule has 1 aliphatic heterocycles. The Labute approximate surface area is 204 Å². The van der Waals surface area contributed by atoms with Crippen LogP contribution >= 0.6 is 0 Å². The Morgan fingerprint density at radius 3 is 1.91 bits per heavy atom. The lowest BCUT2D eigenvalue weighted by atomic mass is 9.59. The number of benzene rings is 3. The highest BCUT2D eigenvalue weighted by atomic mass is 15.2. The summed E-state index contributed by atoms with van der Waals surface area (Å²) in [5.41, 5.74) is 11.8. The number of aryl methyl sites for hydroxylation is 3. The SMILES string of the molecule is Cc1cccc(C)c1B1N(c2c(C(C)C)cccc2C(C)C)c2cccc(C)c2-c2nccn21. The van der Waals surface area contributed by atoms with Crippen molar-refractivity contribution in [1.29, 1.82) is 0 Å². The van der Waals surface area contributed by atoms with Gasteiger partial charge >= 0.3 is 6.98 Å². The van der Waals surface area contributed by atoms with Gasteiger partial charge in [-0.1, -0.05) is 87.4 Å². The van der Waals surface area contributed by atoms with E-state index in [4.69, 9.17) is 4.98 Å². The molecule has 172 valence electrons. The van der Waals surface area contributed by atoms with Gasteiger partial charge in [-0.05, 0) is 60.8 Å². The maximum atomic E-state index is 4.87. The average molecular weight is 447 g/mol. The Bertz CT molecular complexity index is 1320. The maximum Gasteiger partial charge on any atom is 0.422 e. The van der Waals surface area contributed by atoms with Gasteiger partial charge in [-0.3, -0.25) is 0 Å². The normalized spacial score (nSPS) is 13.0. The van der Waals surface area contributed by atoms with Crippen LogP contribution in [0.5, 0.6) is 0 Å². The third-order valence-electron chi connectivity index (χ3n) is 7.29. The van der Waals surface area contributed by atoms with Crippen LogP contribution < -0.4 is 10.3 Å². The van der Waals surface area contributed by atoms with Crippen LogP contribution in [0.3, 0.4) is 0 Å². The molecule has 3 nitrogen and oxygen atoms in total. The number of imidazole rings is 1. The van der Waals surface area contributed by atoms with Gasteiger partial charge < -0.3 is 9.29 Å². The summed E-state index contributed by atoms with van der Waals surface area (Å²) in [4.78, 5) is 7.48. The summed E-state index contributed by atoms with van der Waals surface area (Å²) in [7, 11) is 0. The van der Waals surface area contributed by atoms with Gasteiger partial charge in [0.05, 0.1) is 0 Å². The fourth-order valence-electron chi connectivity index (χ4n) is 5.64. The smallest absolute Gasteiger partial charge is 0.360 e. The largest absolute Gasteiger partial charge is 0.422 e. The topological polar surface area (TPSA) is 21.1 Å². The third-order valence-corrected chi connectivity index (χ3v) is 7.29. The summed E-state index contributed by atoms with van der Waals surface area (Å²) >= 11 is 0. The highest BCUT2D eigenvalue weighted by molar-refractivity contribution is 6.78. The molecule has 1 aliphatic rings. The van der Waals surface area contributed by atoms with E-state index in [1.165, 1.54) is 50.2 Å². The van der Waals surface area contributed by atoms with Crippen molar-refractivity contribution in [2.75, 3.05) is 4.81 Å². The molecule has 0 saturated carbocycles. The average Bonchev–Trinajstić information content (AvgIpc) is 3.28. The molecular formula is C30H34BN3. The first-order chi connectivity index (χ1) is 16.3. The van der Waals surface area contributed by atoms with Crippen molar-refractivity contribution in [2.24, 2.45) is 0 Å². The molecule has 3 aromatic carbocycles. The van der Waals surface area contributed by atoms with Crippen molar-refractivity contribution >= 4 is 23.8 Å². The molecule has 0 amide bonds. The summed E-state index contributed by atoms with van der Waals surface area (Å²) in [6, 6.07) is 20.2. The molecule has 0 spiro atoms. The first-order valence-electron chi connectivity index (χ1n) is 12.4. The monoisotopic (exact) mass is 447 g/mol. The Hall–Kier alpha value is -3.27. The molecule has 0 N–H and O–H groups in total. The maximum absolute atomic E-state index is 4.87. The molecule has 0 radical (unpaired) electrons. The van der Waals surface area contributed by atoms with Crippen molar-refractivity contribution in [1.82, 2.24) is 9.46 Å². The van der Waals surface area contributed by atoms with Crippen LogP contribution in [0.2, 0.25) is 0 Å². The van der Waals surface area contributed by atoms with Crippen LogP contribution in [0.15, 0.2) is 67.0 Å². The van der Waals surface area contributed by atoms with Crippen molar-refractivity contribution in [3.63, 3.8) is 0 Å². The number of nitrogens with zero attached hydrogens (tertiary/aromatic N) is 3. The van der Waals surface area contributed by atoms with E-state index < -0.39 is 0 Å². The van der Waals surface area contributed by atoms with Gasteiger partial charge in [0.2, 0.25) is 0 Å². The number of hydrogen-bond acceptors (Lipinski definition) is 2. The quantitative estimate of drug-likeness (QED) is 0.311. The number of aromatic nitrogens is 2. The Balaban J connectivity index is 1.94. The van der Waals surface area contributed by atoms with Crippen LogP contribution in [0, 0.1) is 20.8 Å². The van der Waals surface area contributed by atoms with E-state index in [-0.39, 0.29) is 6.98 Å². The molecule has 4 aromatic rings. The summed E-state index contributed by atoms with van der Waals surface area (Å²) in [5.74, 6) is 1.86. The van der Waals surface area contributed by atoms with Crippen molar-refractivity contribution in [3.05, 3.63) is 94.8 Å². The van der Waals surface area contributed by atoms with E-state index >= 15 is 0 Å². The molecule has 0 saturated heterocycles. The molecule has 0 unspecified atom stereocenters. The molecule has 34 heavy (non-hydrogen) atoms. The van der Waals surface area contributed by atoms with E-state index in [1.807, 2.05) is 6.20 Å². The van der Waals surface area contributed by atoms with E-state index in [0.717, 1.165) is 5.82 Å². The number of rotatable bonds is 4. The Morgan fingerprint density at radius 1 is 0.735 bits per heavy atom. The predicted molar refractivity (Wildman–Crippen MR) is 146 cm³/mol. The number of fused-ring (bicyclic) bond motifs is 3. The summed E-state index contributed by atoms with van der Waals surface area (Å²) < 4.78 is 2.38. The first kappa shape index (κ1) is 22.5. The van der Waals surface area contributed by atoms with E-state index in [0.29, 0.717) is 11.8 Å². The van der Waals surface area contributed by atoms with Crippen LogP contribution in [0.25, 0.3) is 11.4 Å². The molecule has 2 heterocycles. The standard InChI is InChI=1S/C30H34BN3/c1-19(2)24-14-10-15-25(20(3)4)29(24)34-26-16-9-11-21(5)27(26)30-32-17-18-33(30)31(34)28-22(6)12-8-13-23(28)7/h8-20H,1-7H3. The molecule has 1 aromatic heterocycles. The van der Waals surface area contributed by atoms with E-state index in [2.05, 4.69) is 119 Å². The van der Waals surface area contributed by atoms with E-state index in [1.54, 1.807) is 0 Å². The Kier molecular flexibility index (Phi) is 5.63. The lowest BCUT2D eigenvalue weighted by molar-refractivity contribution is 0.832. The Morgan fingerprint density at radius 2 is 1.29 bits per heavy atom. The number of para-hydroxylation sites is 1. The second kappa shape index (κ2) is 8.50. The summed E-state index contributed by atoms with van der Waals surface area (Å²) in [5, 5.41) is 0. The molecule has 5 rings (SSSR count). The molecule has 0 bridgehead atoms. The van der Waals surface area contributed by atoms with Crippen molar-refractivity contribution in [2.45, 2.75) is 60.3 Å². The van der Waals surface area contributed by atoms with Gasteiger partial charge in [0.15, 0.2) is 0 Å². The summed E-state index contributed by atoms with van der Waals surface area (Å²) in [6.07, 6.45) is 4.11. The first-order valence-corrected chi connectivity index (χ1v) is 12.4. The van der Waals surface area contributed by atoms with Crippen molar-refractivity contribution in [3.8, 4) is 11.4 Å². The van der Waals surface area contributed by atoms with Gasteiger partial charge in [0.25, 0.3) is 0 Å². The number of hydrogen-bond donors (Lipinski definition) is 0. The van der Waals surface area contributed by atoms with Gasteiger partial charge in [0, 0.05) is 29.3 Å². The van der Waals surface area contributed by atoms with Gasteiger partial charge in [0.1, 0.15) is 5.82 Å². The molecular weight excluding hydrogens is 413 g/mol. The molecule has 4 heteroatoms. The highest BCUT2D eigenvalue weighted by Crippen LogP contribution is 2.46. The van der Waals surface area contributed by atoms with Gasteiger partial charge in [-0.2, -0.15) is 0 Å². The number of anilines is 2. The minimum Gasteiger partial charge on any atom is -0.360 e. The highest BCUT2D eigenvalue weighted by Gasteiger charge is 2.41. The van der Waals surface area contributed by atoms with E-state index in [9.17, 15) is 0 Å². The molecule has 0 aliphatic carbocycles. The minimum atomic E-state index is -0.00889. The predicted octanol–water partition coefficient (Wildman–Crippen LogP) is 7.12. The van der Waals surface area contributed by atoms with Crippen LogP contribution in [-0.4, -0.2) is 16.4 Å². The van der Waals surface area contributed by atoms with Crippen molar-refractivity contribution < 1.29 is 0 Å². The zero-order valence-corrected chi connectivity index (χ0v) is 21.4. The third kappa shape index (κ3) is 3.39. The second-order valence-corrected chi connectivity index (χ2v) is 10.3. The fraction of sp³-hybridized carbons (Fsp3) is 0.300. The minimum absolute atomic E-state index is 0.00889. The van der Waals surface area contributed by atoms with Crippen LogP contribution in [0.1, 0.15) is 67.3 Å². The van der Waals surface area contributed by atoms with Crippen LogP contribution in [0.4, 0.5) is 11.4 Å². The van der Waals surface area contributed by atoms with Gasteiger partial charge in [-0.15, -0.1) is 0 Å². The van der Waals surface area contributed by atoms with Crippen LogP contribution in [-0.2, 0) is 0 Å². The zero-order chi connectivity index (χ0) is 24.1.